The van der Waals surface area contributed by atoms with Crippen LogP contribution in [0, 0.1) is 0 Å². The van der Waals surface area contributed by atoms with Crippen LogP contribution in [0.4, 0.5) is 0 Å². The highest BCUT2D eigenvalue weighted by Gasteiger charge is 2.18. The van der Waals surface area contributed by atoms with Gasteiger partial charge < -0.3 is 10.1 Å². The zero-order valence-electron chi connectivity index (χ0n) is 14.2. The maximum atomic E-state index is 12.2. The Kier molecular flexibility index (Phi) is 6.62. The van der Waals surface area contributed by atoms with Crippen molar-refractivity contribution in [3.8, 4) is 5.75 Å². The predicted octanol–water partition coefficient (Wildman–Crippen LogP) is 2.20. The van der Waals surface area contributed by atoms with Crippen molar-refractivity contribution in [2.75, 3.05) is 6.54 Å². The number of carbonyl (C=O) groups excluding carboxylic acids is 1. The van der Waals surface area contributed by atoms with E-state index in [-0.39, 0.29) is 29.5 Å². The van der Waals surface area contributed by atoms with Crippen molar-refractivity contribution in [2.24, 2.45) is 0 Å². The molecule has 1 aliphatic rings. The van der Waals surface area contributed by atoms with E-state index >= 15 is 0 Å². The summed E-state index contributed by atoms with van der Waals surface area (Å²) in [6.07, 6.45) is 5.48. The molecule has 1 aromatic carbocycles. The molecule has 6 nitrogen and oxygen atoms in total. The van der Waals surface area contributed by atoms with Gasteiger partial charge in [-0.1, -0.05) is 6.92 Å². The highest BCUT2D eigenvalue weighted by atomic mass is 32.2. The number of ether oxygens (including phenoxy) is 1. The lowest BCUT2D eigenvalue weighted by Gasteiger charge is -2.14. The van der Waals surface area contributed by atoms with Gasteiger partial charge in [-0.25, -0.2) is 13.1 Å². The molecule has 1 unspecified atom stereocenters. The van der Waals surface area contributed by atoms with E-state index in [1.54, 1.807) is 12.1 Å². The molecule has 0 saturated heterocycles. The van der Waals surface area contributed by atoms with Crippen molar-refractivity contribution in [1.29, 1.82) is 0 Å². The summed E-state index contributed by atoms with van der Waals surface area (Å²) in [5.41, 5.74) is 0. The lowest BCUT2D eigenvalue weighted by molar-refractivity contribution is -0.120. The average Bonchev–Trinajstić information content (AvgIpc) is 3.06. The van der Waals surface area contributed by atoms with E-state index in [1.165, 1.54) is 25.0 Å². The van der Waals surface area contributed by atoms with Gasteiger partial charge in [0, 0.05) is 6.04 Å². The average molecular weight is 354 g/mol. The van der Waals surface area contributed by atoms with Gasteiger partial charge in [0.25, 0.3) is 0 Å². The largest absolute Gasteiger partial charge is 0.490 e. The number of carbonyl (C=O) groups is 1. The van der Waals surface area contributed by atoms with E-state index in [9.17, 15) is 13.2 Å². The Bertz CT molecular complexity index is 637. The van der Waals surface area contributed by atoms with Crippen molar-refractivity contribution in [2.45, 2.75) is 63.0 Å². The smallest absolute Gasteiger partial charge is 0.241 e. The zero-order chi connectivity index (χ0) is 17.6. The Balaban J connectivity index is 1.90. The standard InChI is InChI=1S/C17H26N2O4S/c1-3-13(2)19-17(20)12-18-24(21,22)16-10-8-15(9-11-16)23-14-6-4-5-7-14/h8-11,13-14,18H,3-7,12H2,1-2H3,(H,19,20). The molecule has 0 bridgehead atoms. The summed E-state index contributed by atoms with van der Waals surface area (Å²) < 4.78 is 32.6. The molecule has 1 aromatic rings. The summed E-state index contributed by atoms with van der Waals surface area (Å²) in [5, 5.41) is 2.72. The van der Waals surface area contributed by atoms with Crippen molar-refractivity contribution in [1.82, 2.24) is 10.0 Å². The topological polar surface area (TPSA) is 84.5 Å². The Labute approximate surface area is 144 Å². The molecular formula is C17H26N2O4S. The van der Waals surface area contributed by atoms with Crippen LogP contribution in [0.15, 0.2) is 29.2 Å². The van der Waals surface area contributed by atoms with Crippen LogP contribution in [0.2, 0.25) is 0 Å². The molecule has 1 saturated carbocycles. The molecule has 2 rings (SSSR count). The normalized spacial score (nSPS) is 16.8. The van der Waals surface area contributed by atoms with Crippen LogP contribution in [0.25, 0.3) is 0 Å². The summed E-state index contributed by atoms with van der Waals surface area (Å²) in [7, 11) is -3.71. The number of nitrogens with one attached hydrogen (secondary N) is 2. The molecule has 0 aliphatic heterocycles. The van der Waals surface area contributed by atoms with E-state index in [0.29, 0.717) is 5.75 Å². The first-order chi connectivity index (χ1) is 11.4. The van der Waals surface area contributed by atoms with Crippen LogP contribution < -0.4 is 14.8 Å². The van der Waals surface area contributed by atoms with E-state index in [1.807, 2.05) is 13.8 Å². The maximum Gasteiger partial charge on any atom is 0.241 e. The molecule has 1 atom stereocenters. The molecule has 0 heterocycles. The fraction of sp³-hybridized carbons (Fsp3) is 0.588. The molecule has 2 N–H and O–H groups in total. The molecule has 1 amide bonds. The first-order valence-electron chi connectivity index (χ1n) is 8.46. The summed E-state index contributed by atoms with van der Waals surface area (Å²) >= 11 is 0. The van der Waals surface area contributed by atoms with Gasteiger partial charge in [0.15, 0.2) is 0 Å². The van der Waals surface area contributed by atoms with Crippen molar-refractivity contribution in [3.05, 3.63) is 24.3 Å². The molecule has 24 heavy (non-hydrogen) atoms. The van der Waals surface area contributed by atoms with E-state index in [4.69, 9.17) is 4.74 Å². The van der Waals surface area contributed by atoms with Gasteiger partial charge in [-0.15, -0.1) is 0 Å². The first kappa shape index (κ1) is 18.7. The number of hydrogen-bond donors (Lipinski definition) is 2. The Morgan fingerprint density at radius 1 is 1.25 bits per heavy atom. The van der Waals surface area contributed by atoms with Crippen LogP contribution in [0.1, 0.15) is 46.0 Å². The Morgan fingerprint density at radius 2 is 1.88 bits per heavy atom. The Hall–Kier alpha value is -1.60. The van der Waals surface area contributed by atoms with Crippen molar-refractivity contribution in [3.63, 3.8) is 0 Å². The SMILES string of the molecule is CCC(C)NC(=O)CNS(=O)(=O)c1ccc(OC2CCCC2)cc1. The number of amides is 1. The minimum atomic E-state index is -3.71. The van der Waals surface area contributed by atoms with Crippen molar-refractivity contribution >= 4 is 15.9 Å². The molecule has 7 heteroatoms. The second-order valence-electron chi connectivity index (χ2n) is 6.20. The van der Waals surface area contributed by atoms with E-state index < -0.39 is 10.0 Å². The van der Waals surface area contributed by atoms with Crippen LogP contribution >= 0.6 is 0 Å². The van der Waals surface area contributed by atoms with Gasteiger partial charge in [-0.05, 0) is 63.3 Å². The second kappa shape index (κ2) is 8.48. The third-order valence-corrected chi connectivity index (χ3v) is 5.60. The van der Waals surface area contributed by atoms with Crippen LogP contribution in [-0.2, 0) is 14.8 Å². The summed E-state index contributed by atoms with van der Waals surface area (Å²) in [5.74, 6) is 0.337. The fourth-order valence-electron chi connectivity index (χ4n) is 2.57. The van der Waals surface area contributed by atoms with Crippen molar-refractivity contribution < 1.29 is 17.9 Å². The summed E-state index contributed by atoms with van der Waals surface area (Å²) in [6.45, 7) is 3.55. The minimum absolute atomic E-state index is 0.0222. The highest BCUT2D eigenvalue weighted by Crippen LogP contribution is 2.24. The number of rotatable bonds is 8. The molecule has 134 valence electrons. The lowest BCUT2D eigenvalue weighted by Crippen LogP contribution is -2.40. The second-order valence-corrected chi connectivity index (χ2v) is 7.96. The predicted molar refractivity (Wildman–Crippen MR) is 92.4 cm³/mol. The van der Waals surface area contributed by atoms with E-state index in [0.717, 1.165) is 19.3 Å². The number of benzene rings is 1. The first-order valence-corrected chi connectivity index (χ1v) is 9.95. The number of sulfonamides is 1. The molecule has 0 radical (unpaired) electrons. The summed E-state index contributed by atoms with van der Waals surface area (Å²) in [6, 6.07) is 6.34. The quantitative estimate of drug-likeness (QED) is 0.749. The van der Waals surface area contributed by atoms with Gasteiger partial charge in [0.1, 0.15) is 5.75 Å². The van der Waals surface area contributed by atoms with Gasteiger partial charge in [-0.3, -0.25) is 4.79 Å². The zero-order valence-corrected chi connectivity index (χ0v) is 15.1. The van der Waals surface area contributed by atoms with Crippen LogP contribution in [0.3, 0.4) is 0 Å². The van der Waals surface area contributed by atoms with Gasteiger partial charge in [-0.2, -0.15) is 0 Å². The molecule has 1 fully saturated rings. The van der Waals surface area contributed by atoms with E-state index in [2.05, 4.69) is 10.0 Å². The summed E-state index contributed by atoms with van der Waals surface area (Å²) in [4.78, 5) is 11.8. The number of hydrogen-bond acceptors (Lipinski definition) is 4. The van der Waals surface area contributed by atoms with Gasteiger partial charge in [0.2, 0.25) is 15.9 Å². The molecule has 1 aliphatic carbocycles. The molecular weight excluding hydrogens is 328 g/mol. The fourth-order valence-corrected chi connectivity index (χ4v) is 3.55. The third kappa shape index (κ3) is 5.49. The highest BCUT2D eigenvalue weighted by molar-refractivity contribution is 7.89. The molecule has 0 aromatic heterocycles. The maximum absolute atomic E-state index is 12.2. The van der Waals surface area contributed by atoms with Crippen LogP contribution in [0.5, 0.6) is 5.75 Å². The monoisotopic (exact) mass is 354 g/mol. The molecule has 0 spiro atoms. The van der Waals surface area contributed by atoms with Crippen LogP contribution in [-0.4, -0.2) is 33.0 Å². The lowest BCUT2D eigenvalue weighted by atomic mass is 10.2. The third-order valence-electron chi connectivity index (χ3n) is 4.18. The van der Waals surface area contributed by atoms with Gasteiger partial charge in [0.05, 0.1) is 17.5 Å². The minimum Gasteiger partial charge on any atom is -0.490 e. The Morgan fingerprint density at radius 3 is 2.46 bits per heavy atom. The van der Waals surface area contributed by atoms with Gasteiger partial charge >= 0.3 is 0 Å².